The summed E-state index contributed by atoms with van der Waals surface area (Å²) in [5, 5.41) is 5.92. The molecule has 0 spiro atoms. The number of carbonyl (C=O) groups is 2. The molecule has 0 radical (unpaired) electrons. The SMILES string of the molecule is COC(=O)C(NC(=O)[C@H]1CCCCN1)C(C)C. The van der Waals surface area contributed by atoms with Crippen molar-refractivity contribution in [2.45, 2.75) is 45.2 Å². The molecular weight excluding hydrogens is 220 g/mol. The summed E-state index contributed by atoms with van der Waals surface area (Å²) < 4.78 is 4.69. The van der Waals surface area contributed by atoms with Crippen LogP contribution in [-0.4, -0.2) is 37.6 Å². The molecule has 5 nitrogen and oxygen atoms in total. The summed E-state index contributed by atoms with van der Waals surface area (Å²) in [6.45, 7) is 4.63. The van der Waals surface area contributed by atoms with Crippen LogP contribution >= 0.6 is 0 Å². The maximum Gasteiger partial charge on any atom is 0.328 e. The predicted octanol–water partition coefficient (Wildman–Crippen LogP) is 0.442. The van der Waals surface area contributed by atoms with Crippen molar-refractivity contribution in [3.8, 4) is 0 Å². The van der Waals surface area contributed by atoms with Crippen LogP contribution in [0.5, 0.6) is 0 Å². The number of amides is 1. The lowest BCUT2D eigenvalue weighted by Gasteiger charge is -2.26. The average Bonchev–Trinajstić information content (AvgIpc) is 2.35. The number of nitrogens with one attached hydrogen (secondary N) is 2. The van der Waals surface area contributed by atoms with Crippen molar-refractivity contribution < 1.29 is 14.3 Å². The van der Waals surface area contributed by atoms with E-state index in [1.54, 1.807) is 0 Å². The van der Waals surface area contributed by atoms with E-state index in [2.05, 4.69) is 15.4 Å². The molecule has 2 N–H and O–H groups in total. The molecule has 1 fully saturated rings. The van der Waals surface area contributed by atoms with E-state index in [1.807, 2.05) is 13.8 Å². The summed E-state index contributed by atoms with van der Waals surface area (Å²) in [5.74, 6) is -0.465. The van der Waals surface area contributed by atoms with E-state index in [0.29, 0.717) is 0 Å². The minimum absolute atomic E-state index is 0.0231. The van der Waals surface area contributed by atoms with Gasteiger partial charge < -0.3 is 15.4 Å². The summed E-state index contributed by atoms with van der Waals surface area (Å²) in [5.41, 5.74) is 0. The second kappa shape index (κ2) is 6.59. The quantitative estimate of drug-likeness (QED) is 0.702. The first-order chi connectivity index (χ1) is 8.06. The van der Waals surface area contributed by atoms with Crippen LogP contribution in [-0.2, 0) is 14.3 Å². The molecule has 1 heterocycles. The molecule has 1 saturated heterocycles. The van der Waals surface area contributed by atoms with Gasteiger partial charge in [-0.05, 0) is 25.3 Å². The zero-order chi connectivity index (χ0) is 12.8. The second-order valence-corrected chi connectivity index (χ2v) is 4.76. The molecule has 1 amide bonds. The standard InChI is InChI=1S/C12H22N2O3/c1-8(2)10(12(16)17-3)14-11(15)9-6-4-5-7-13-9/h8-10,13H,4-7H2,1-3H3,(H,14,15)/t9-,10?/m1/s1. The first kappa shape index (κ1) is 14.0. The Hall–Kier alpha value is -1.10. The number of methoxy groups -OCH3 is 1. The van der Waals surface area contributed by atoms with Crippen LogP contribution in [0.15, 0.2) is 0 Å². The summed E-state index contributed by atoms with van der Waals surface area (Å²) in [7, 11) is 1.34. The van der Waals surface area contributed by atoms with E-state index in [0.717, 1.165) is 25.8 Å². The van der Waals surface area contributed by atoms with Crippen molar-refractivity contribution in [3.05, 3.63) is 0 Å². The Morgan fingerprint density at radius 1 is 1.35 bits per heavy atom. The molecule has 0 bridgehead atoms. The average molecular weight is 242 g/mol. The normalized spacial score (nSPS) is 22.0. The number of hydrogen-bond donors (Lipinski definition) is 2. The highest BCUT2D eigenvalue weighted by Crippen LogP contribution is 2.09. The summed E-state index contributed by atoms with van der Waals surface area (Å²) >= 11 is 0. The van der Waals surface area contributed by atoms with Gasteiger partial charge in [0.2, 0.25) is 5.91 Å². The van der Waals surface area contributed by atoms with Crippen molar-refractivity contribution >= 4 is 11.9 Å². The van der Waals surface area contributed by atoms with E-state index in [9.17, 15) is 9.59 Å². The summed E-state index contributed by atoms with van der Waals surface area (Å²) in [4.78, 5) is 23.5. The molecule has 1 aliphatic heterocycles. The molecule has 98 valence electrons. The maximum atomic E-state index is 12.0. The highest BCUT2D eigenvalue weighted by Gasteiger charge is 2.28. The van der Waals surface area contributed by atoms with E-state index < -0.39 is 6.04 Å². The summed E-state index contributed by atoms with van der Waals surface area (Å²) in [6, 6.07) is -0.731. The van der Waals surface area contributed by atoms with Crippen molar-refractivity contribution in [2.24, 2.45) is 5.92 Å². The minimum Gasteiger partial charge on any atom is -0.467 e. The molecule has 1 aliphatic rings. The highest BCUT2D eigenvalue weighted by molar-refractivity contribution is 5.87. The van der Waals surface area contributed by atoms with Gasteiger partial charge in [-0.25, -0.2) is 4.79 Å². The maximum absolute atomic E-state index is 12.0. The third kappa shape index (κ3) is 4.00. The van der Waals surface area contributed by atoms with Crippen molar-refractivity contribution in [1.29, 1.82) is 0 Å². The van der Waals surface area contributed by atoms with Gasteiger partial charge in [-0.15, -0.1) is 0 Å². The Balaban J connectivity index is 2.54. The molecule has 2 atom stereocenters. The largest absolute Gasteiger partial charge is 0.467 e. The molecule has 0 aromatic carbocycles. The first-order valence-corrected chi connectivity index (χ1v) is 6.18. The van der Waals surface area contributed by atoms with Gasteiger partial charge in [-0.1, -0.05) is 20.3 Å². The van der Waals surface area contributed by atoms with Crippen LogP contribution in [0.3, 0.4) is 0 Å². The fourth-order valence-electron chi connectivity index (χ4n) is 1.95. The lowest BCUT2D eigenvalue weighted by molar-refractivity contribution is -0.146. The van der Waals surface area contributed by atoms with Crippen LogP contribution < -0.4 is 10.6 Å². The number of hydrogen-bond acceptors (Lipinski definition) is 4. The number of piperidine rings is 1. The second-order valence-electron chi connectivity index (χ2n) is 4.76. The smallest absolute Gasteiger partial charge is 0.328 e. The van der Waals surface area contributed by atoms with Gasteiger partial charge in [0.05, 0.1) is 13.2 Å². The van der Waals surface area contributed by atoms with Crippen LogP contribution in [0.25, 0.3) is 0 Å². The zero-order valence-electron chi connectivity index (χ0n) is 10.8. The van der Waals surface area contributed by atoms with Gasteiger partial charge >= 0.3 is 5.97 Å². The van der Waals surface area contributed by atoms with E-state index >= 15 is 0 Å². The molecule has 17 heavy (non-hydrogen) atoms. The van der Waals surface area contributed by atoms with Crippen LogP contribution in [0, 0.1) is 5.92 Å². The predicted molar refractivity (Wildman–Crippen MR) is 64.4 cm³/mol. The Morgan fingerprint density at radius 3 is 2.53 bits per heavy atom. The van der Waals surface area contributed by atoms with Gasteiger partial charge in [-0.3, -0.25) is 4.79 Å². The molecule has 1 unspecified atom stereocenters. The molecule has 0 aliphatic carbocycles. The van der Waals surface area contributed by atoms with Gasteiger partial charge in [0.25, 0.3) is 0 Å². The lowest BCUT2D eigenvalue weighted by atomic mass is 10.0. The third-order valence-electron chi connectivity index (χ3n) is 3.05. The molecule has 0 saturated carbocycles. The number of carbonyl (C=O) groups excluding carboxylic acids is 2. The lowest BCUT2D eigenvalue weighted by Crippen LogP contribution is -2.53. The van der Waals surface area contributed by atoms with Gasteiger partial charge in [0.15, 0.2) is 0 Å². The molecular formula is C12H22N2O3. The molecule has 5 heteroatoms. The number of ether oxygens (including phenoxy) is 1. The van der Waals surface area contributed by atoms with E-state index in [1.165, 1.54) is 7.11 Å². The molecule has 0 aromatic heterocycles. The first-order valence-electron chi connectivity index (χ1n) is 6.18. The van der Waals surface area contributed by atoms with Crippen LogP contribution in [0.2, 0.25) is 0 Å². The van der Waals surface area contributed by atoms with Gasteiger partial charge in [0.1, 0.15) is 6.04 Å². The highest BCUT2D eigenvalue weighted by atomic mass is 16.5. The van der Waals surface area contributed by atoms with Crippen molar-refractivity contribution in [1.82, 2.24) is 10.6 Å². The minimum atomic E-state index is -0.559. The number of rotatable bonds is 4. The van der Waals surface area contributed by atoms with Crippen molar-refractivity contribution in [3.63, 3.8) is 0 Å². The summed E-state index contributed by atoms with van der Waals surface area (Å²) in [6.07, 6.45) is 2.99. The fourth-order valence-corrected chi connectivity index (χ4v) is 1.95. The van der Waals surface area contributed by atoms with Crippen LogP contribution in [0.1, 0.15) is 33.1 Å². The topological polar surface area (TPSA) is 67.4 Å². The molecule has 0 aromatic rings. The monoisotopic (exact) mass is 242 g/mol. The van der Waals surface area contributed by atoms with E-state index in [4.69, 9.17) is 0 Å². The zero-order valence-corrected chi connectivity index (χ0v) is 10.8. The Labute approximate surface area is 102 Å². The Bertz CT molecular complexity index is 273. The third-order valence-corrected chi connectivity index (χ3v) is 3.05. The Kier molecular flexibility index (Phi) is 5.41. The Morgan fingerprint density at radius 2 is 2.06 bits per heavy atom. The van der Waals surface area contributed by atoms with Crippen LogP contribution in [0.4, 0.5) is 0 Å². The van der Waals surface area contributed by atoms with Gasteiger partial charge in [0, 0.05) is 0 Å². The van der Waals surface area contributed by atoms with Crippen molar-refractivity contribution in [2.75, 3.05) is 13.7 Å². The van der Waals surface area contributed by atoms with Gasteiger partial charge in [-0.2, -0.15) is 0 Å². The number of esters is 1. The molecule has 1 rings (SSSR count). The fraction of sp³-hybridized carbons (Fsp3) is 0.833. The van der Waals surface area contributed by atoms with E-state index in [-0.39, 0.29) is 23.8 Å².